The van der Waals surface area contributed by atoms with Crippen LogP contribution in [0.1, 0.15) is 11.1 Å². The summed E-state index contributed by atoms with van der Waals surface area (Å²) >= 11 is 0. The molecule has 1 atom stereocenters. The number of rotatable bonds is 4. The van der Waals surface area contributed by atoms with Gasteiger partial charge in [0, 0.05) is 6.66 Å². The summed E-state index contributed by atoms with van der Waals surface area (Å²) in [5.41, 5.74) is 2.21. The van der Waals surface area contributed by atoms with Crippen LogP contribution in [0.25, 0.3) is 0 Å². The van der Waals surface area contributed by atoms with Gasteiger partial charge in [-0.1, -0.05) is 18.2 Å². The molecule has 0 aliphatic carbocycles. The quantitative estimate of drug-likeness (QED) is 0.826. The number of nitrogens with one attached hydrogen (secondary N) is 1. The largest absolute Gasteiger partial charge is 0.429 e. The van der Waals surface area contributed by atoms with E-state index in [0.717, 1.165) is 11.1 Å². The number of halogens is 1. The van der Waals surface area contributed by atoms with Gasteiger partial charge in [0.2, 0.25) is 0 Å². The number of para-hydroxylation sites is 1. The molecule has 3 nitrogen and oxygen atoms in total. The highest BCUT2D eigenvalue weighted by atomic mass is 31.2. The van der Waals surface area contributed by atoms with Crippen molar-refractivity contribution in [2.45, 2.75) is 13.8 Å². The maximum Gasteiger partial charge on any atom is 0.338 e. The van der Waals surface area contributed by atoms with Gasteiger partial charge in [-0.3, -0.25) is 4.57 Å². The highest BCUT2D eigenvalue weighted by molar-refractivity contribution is 7.60. The van der Waals surface area contributed by atoms with Crippen LogP contribution in [-0.4, -0.2) is 6.66 Å². The van der Waals surface area contributed by atoms with Crippen molar-refractivity contribution in [1.82, 2.24) is 0 Å². The van der Waals surface area contributed by atoms with Crippen molar-refractivity contribution in [3.8, 4) is 5.75 Å². The second-order valence-electron chi connectivity index (χ2n) is 4.85. The normalized spacial score (nSPS) is 13.6. The summed E-state index contributed by atoms with van der Waals surface area (Å²) in [7, 11) is -3.19. The first-order valence-corrected chi connectivity index (χ1v) is 8.31. The Morgan fingerprint density at radius 1 is 1.10 bits per heavy atom. The van der Waals surface area contributed by atoms with Gasteiger partial charge in [-0.15, -0.1) is 0 Å². The number of hydrogen-bond acceptors (Lipinski definition) is 2. The molecule has 0 aliphatic heterocycles. The summed E-state index contributed by atoms with van der Waals surface area (Å²) in [6.45, 7) is 5.30. The monoisotopic (exact) mass is 293 g/mol. The molecule has 0 spiro atoms. The summed E-state index contributed by atoms with van der Waals surface area (Å²) < 4.78 is 31.5. The van der Waals surface area contributed by atoms with E-state index in [1.165, 1.54) is 18.8 Å². The molecule has 0 radical (unpaired) electrons. The lowest BCUT2D eigenvalue weighted by Crippen LogP contribution is -2.04. The Kier molecular flexibility index (Phi) is 4.15. The minimum absolute atomic E-state index is 0.169. The zero-order chi connectivity index (χ0) is 14.8. The van der Waals surface area contributed by atoms with E-state index in [2.05, 4.69) is 5.09 Å². The molecule has 106 valence electrons. The lowest BCUT2D eigenvalue weighted by molar-refractivity contribution is 0.492. The van der Waals surface area contributed by atoms with Crippen molar-refractivity contribution < 1.29 is 13.5 Å². The van der Waals surface area contributed by atoms with Gasteiger partial charge in [-0.25, -0.2) is 4.39 Å². The average molecular weight is 293 g/mol. The van der Waals surface area contributed by atoms with E-state index in [4.69, 9.17) is 4.52 Å². The van der Waals surface area contributed by atoms with Crippen LogP contribution >= 0.6 is 7.52 Å². The summed E-state index contributed by atoms with van der Waals surface area (Å²) in [6.07, 6.45) is 0. The van der Waals surface area contributed by atoms with Gasteiger partial charge in [-0.2, -0.15) is 0 Å². The number of aryl methyl sites for hydroxylation is 2. The zero-order valence-corrected chi connectivity index (χ0v) is 12.6. The van der Waals surface area contributed by atoms with Crippen LogP contribution in [0.2, 0.25) is 0 Å². The van der Waals surface area contributed by atoms with Gasteiger partial charge in [0.05, 0.1) is 5.69 Å². The van der Waals surface area contributed by atoms with Crippen LogP contribution in [0.5, 0.6) is 5.75 Å². The van der Waals surface area contributed by atoms with Crippen LogP contribution in [0, 0.1) is 19.7 Å². The second kappa shape index (κ2) is 5.68. The second-order valence-corrected chi connectivity index (χ2v) is 6.95. The molecule has 0 fully saturated rings. The number of hydrogen-bond donors (Lipinski definition) is 1. The van der Waals surface area contributed by atoms with Crippen LogP contribution in [0.15, 0.2) is 42.5 Å². The molecule has 20 heavy (non-hydrogen) atoms. The van der Waals surface area contributed by atoms with E-state index in [1.54, 1.807) is 24.3 Å². The van der Waals surface area contributed by atoms with Crippen molar-refractivity contribution in [2.75, 3.05) is 11.8 Å². The molecule has 2 aromatic rings. The third kappa shape index (κ3) is 3.84. The maximum atomic E-state index is 13.5. The lowest BCUT2D eigenvalue weighted by atomic mass is 10.1. The Morgan fingerprint density at radius 2 is 1.70 bits per heavy atom. The fraction of sp³-hybridized carbons (Fsp3) is 0.200. The maximum absolute atomic E-state index is 13.5. The van der Waals surface area contributed by atoms with Crippen molar-refractivity contribution in [1.29, 1.82) is 0 Å². The molecule has 0 saturated heterocycles. The molecule has 5 heteroatoms. The third-order valence-corrected chi connectivity index (χ3v) is 3.88. The third-order valence-electron chi connectivity index (χ3n) is 2.67. The predicted molar refractivity (Wildman–Crippen MR) is 80.1 cm³/mol. The minimum atomic E-state index is -3.19. The average Bonchev–Trinajstić information content (AvgIpc) is 2.29. The van der Waals surface area contributed by atoms with E-state index in [1.807, 2.05) is 19.9 Å². The van der Waals surface area contributed by atoms with Gasteiger partial charge in [-0.05, 0) is 49.2 Å². The van der Waals surface area contributed by atoms with Crippen LogP contribution in [0.3, 0.4) is 0 Å². The van der Waals surface area contributed by atoms with Gasteiger partial charge in [0.15, 0.2) is 0 Å². The van der Waals surface area contributed by atoms with Crippen molar-refractivity contribution in [3.63, 3.8) is 0 Å². The molecule has 0 aromatic heterocycles. The summed E-state index contributed by atoms with van der Waals surface area (Å²) in [5, 5.41) is 2.63. The molecule has 0 saturated carbocycles. The van der Waals surface area contributed by atoms with E-state index in [-0.39, 0.29) is 5.69 Å². The summed E-state index contributed by atoms with van der Waals surface area (Å²) in [6, 6.07) is 11.7. The van der Waals surface area contributed by atoms with Crippen LogP contribution < -0.4 is 9.61 Å². The van der Waals surface area contributed by atoms with Crippen molar-refractivity contribution >= 4 is 13.2 Å². The van der Waals surface area contributed by atoms with Crippen molar-refractivity contribution in [2.24, 2.45) is 0 Å². The summed E-state index contributed by atoms with van der Waals surface area (Å²) in [5.74, 6) is 0.0516. The Hall–Kier alpha value is -1.80. The Balaban J connectivity index is 2.19. The molecular formula is C15H17FNO2P. The molecular weight excluding hydrogens is 276 g/mol. The molecule has 0 amide bonds. The van der Waals surface area contributed by atoms with Gasteiger partial charge in [0.25, 0.3) is 0 Å². The Morgan fingerprint density at radius 3 is 2.30 bits per heavy atom. The van der Waals surface area contributed by atoms with Crippen LogP contribution in [-0.2, 0) is 4.57 Å². The van der Waals surface area contributed by atoms with Crippen LogP contribution in [0.4, 0.5) is 10.1 Å². The van der Waals surface area contributed by atoms with Gasteiger partial charge >= 0.3 is 7.52 Å². The SMILES string of the molecule is Cc1cc(C)cc(OP(C)(=O)Nc2ccccc2F)c1. The lowest BCUT2D eigenvalue weighted by Gasteiger charge is -2.18. The number of benzene rings is 2. The van der Waals surface area contributed by atoms with Gasteiger partial charge < -0.3 is 9.61 Å². The molecule has 2 aromatic carbocycles. The highest BCUT2D eigenvalue weighted by Gasteiger charge is 2.19. The number of anilines is 1. The standard InChI is InChI=1S/C15H17FNO2P/c1-11-8-12(2)10-13(9-11)19-20(3,18)17-15-7-5-4-6-14(15)16/h4-10H,1-3H3,(H,17,18). The van der Waals surface area contributed by atoms with E-state index < -0.39 is 13.3 Å². The first-order valence-electron chi connectivity index (χ1n) is 6.24. The topological polar surface area (TPSA) is 38.3 Å². The molecule has 0 aliphatic rings. The predicted octanol–water partition coefficient (Wildman–Crippen LogP) is 4.76. The Bertz CT molecular complexity index is 652. The zero-order valence-electron chi connectivity index (χ0n) is 11.7. The molecule has 0 bridgehead atoms. The minimum Gasteiger partial charge on any atom is -0.429 e. The fourth-order valence-corrected chi connectivity index (χ4v) is 3.15. The molecule has 1 unspecified atom stereocenters. The van der Waals surface area contributed by atoms with E-state index in [0.29, 0.717) is 5.75 Å². The first-order chi connectivity index (χ1) is 9.35. The molecule has 1 N–H and O–H groups in total. The van der Waals surface area contributed by atoms with E-state index >= 15 is 0 Å². The first kappa shape index (κ1) is 14.6. The molecule has 2 rings (SSSR count). The van der Waals surface area contributed by atoms with Crippen molar-refractivity contribution in [3.05, 3.63) is 59.4 Å². The Labute approximate surface area is 118 Å². The smallest absolute Gasteiger partial charge is 0.338 e. The fourth-order valence-electron chi connectivity index (χ4n) is 1.98. The highest BCUT2D eigenvalue weighted by Crippen LogP contribution is 2.44. The van der Waals surface area contributed by atoms with E-state index in [9.17, 15) is 8.96 Å². The summed E-state index contributed by atoms with van der Waals surface area (Å²) in [4.78, 5) is 0. The van der Waals surface area contributed by atoms with Gasteiger partial charge in [0.1, 0.15) is 11.6 Å². The molecule has 0 heterocycles.